The quantitative estimate of drug-likeness (QED) is 0.752. The van der Waals surface area contributed by atoms with Crippen molar-refractivity contribution in [3.63, 3.8) is 0 Å². The van der Waals surface area contributed by atoms with Gasteiger partial charge >= 0.3 is 0 Å². The standard InChI is InChI=1S/C20H21NO3/c1-13(2)12-21-20(22)19-18(14-7-5-4-6-8-14)16-10-9-15(23-3)11-17(16)24-19/h4-11,13H,12H2,1-3H3,(H,21,22). The molecule has 1 amide bonds. The van der Waals surface area contributed by atoms with E-state index in [4.69, 9.17) is 9.15 Å². The molecule has 0 bridgehead atoms. The van der Waals surface area contributed by atoms with E-state index < -0.39 is 0 Å². The van der Waals surface area contributed by atoms with Crippen molar-refractivity contribution in [3.05, 3.63) is 54.3 Å². The van der Waals surface area contributed by atoms with Crippen molar-refractivity contribution in [1.82, 2.24) is 5.32 Å². The van der Waals surface area contributed by atoms with Crippen molar-refractivity contribution in [2.75, 3.05) is 13.7 Å². The predicted octanol–water partition coefficient (Wildman–Crippen LogP) is 4.49. The van der Waals surface area contributed by atoms with Crippen LogP contribution in [0.1, 0.15) is 24.4 Å². The van der Waals surface area contributed by atoms with Crippen LogP contribution in [0.25, 0.3) is 22.1 Å². The molecule has 0 unspecified atom stereocenters. The third-order valence-electron chi connectivity index (χ3n) is 3.84. The largest absolute Gasteiger partial charge is 0.497 e. The highest BCUT2D eigenvalue weighted by atomic mass is 16.5. The van der Waals surface area contributed by atoms with Gasteiger partial charge in [-0.3, -0.25) is 4.79 Å². The number of ether oxygens (including phenoxy) is 1. The lowest BCUT2D eigenvalue weighted by atomic mass is 10.0. The Morgan fingerprint density at radius 1 is 1.17 bits per heavy atom. The number of hydrogen-bond acceptors (Lipinski definition) is 3. The van der Waals surface area contributed by atoms with Crippen LogP contribution < -0.4 is 10.1 Å². The minimum absolute atomic E-state index is 0.197. The van der Waals surface area contributed by atoms with Crippen molar-refractivity contribution in [2.45, 2.75) is 13.8 Å². The summed E-state index contributed by atoms with van der Waals surface area (Å²) in [5, 5.41) is 3.83. The highest BCUT2D eigenvalue weighted by Gasteiger charge is 2.22. The van der Waals surface area contributed by atoms with Crippen LogP contribution in [0, 0.1) is 5.92 Å². The van der Waals surface area contributed by atoms with Crippen LogP contribution in [0.5, 0.6) is 5.75 Å². The summed E-state index contributed by atoms with van der Waals surface area (Å²) in [4.78, 5) is 12.6. The predicted molar refractivity (Wildman–Crippen MR) is 95.4 cm³/mol. The molecule has 0 fully saturated rings. The number of amides is 1. The van der Waals surface area contributed by atoms with E-state index in [1.165, 1.54) is 0 Å². The SMILES string of the molecule is COc1ccc2c(-c3ccccc3)c(C(=O)NCC(C)C)oc2c1. The van der Waals surface area contributed by atoms with Crippen molar-refractivity contribution in [3.8, 4) is 16.9 Å². The second-order valence-electron chi connectivity index (χ2n) is 6.14. The minimum Gasteiger partial charge on any atom is -0.497 e. The van der Waals surface area contributed by atoms with Gasteiger partial charge in [0.1, 0.15) is 11.3 Å². The first kappa shape index (κ1) is 16.1. The van der Waals surface area contributed by atoms with Gasteiger partial charge in [0.25, 0.3) is 5.91 Å². The maximum Gasteiger partial charge on any atom is 0.287 e. The maximum atomic E-state index is 12.6. The van der Waals surface area contributed by atoms with Gasteiger partial charge in [0.05, 0.1) is 7.11 Å². The Labute approximate surface area is 141 Å². The molecule has 124 valence electrons. The highest BCUT2D eigenvalue weighted by Crippen LogP contribution is 2.36. The Kier molecular flexibility index (Phi) is 4.56. The summed E-state index contributed by atoms with van der Waals surface area (Å²) in [6, 6.07) is 15.4. The van der Waals surface area contributed by atoms with E-state index in [9.17, 15) is 4.79 Å². The monoisotopic (exact) mass is 323 g/mol. The minimum atomic E-state index is -0.197. The molecule has 4 nitrogen and oxygen atoms in total. The van der Waals surface area contributed by atoms with E-state index in [1.54, 1.807) is 13.2 Å². The zero-order valence-electron chi connectivity index (χ0n) is 14.1. The number of carbonyl (C=O) groups is 1. The summed E-state index contributed by atoms with van der Waals surface area (Å²) >= 11 is 0. The van der Waals surface area contributed by atoms with Crippen LogP contribution in [0.3, 0.4) is 0 Å². The number of furan rings is 1. The summed E-state index contributed by atoms with van der Waals surface area (Å²) in [5.41, 5.74) is 2.41. The van der Waals surface area contributed by atoms with Crippen LogP contribution in [-0.4, -0.2) is 19.6 Å². The molecule has 1 aromatic heterocycles. The molecular weight excluding hydrogens is 302 g/mol. The van der Waals surface area contributed by atoms with E-state index in [-0.39, 0.29) is 5.91 Å². The molecule has 1 heterocycles. The van der Waals surface area contributed by atoms with Crippen LogP contribution in [0.4, 0.5) is 0 Å². The molecule has 3 aromatic rings. The van der Waals surface area contributed by atoms with E-state index in [0.29, 0.717) is 29.6 Å². The first-order valence-electron chi connectivity index (χ1n) is 8.04. The van der Waals surface area contributed by atoms with Gasteiger partial charge in [0.2, 0.25) is 5.76 Å². The Bertz CT molecular complexity index is 850. The molecule has 4 heteroatoms. The number of hydrogen-bond donors (Lipinski definition) is 1. The van der Waals surface area contributed by atoms with Crippen LogP contribution in [-0.2, 0) is 0 Å². The van der Waals surface area contributed by atoms with Gasteiger partial charge in [-0.1, -0.05) is 44.2 Å². The molecule has 2 aromatic carbocycles. The van der Waals surface area contributed by atoms with Gasteiger partial charge in [0.15, 0.2) is 0 Å². The van der Waals surface area contributed by atoms with Crippen LogP contribution >= 0.6 is 0 Å². The molecule has 0 radical (unpaired) electrons. The third kappa shape index (κ3) is 3.13. The second-order valence-corrected chi connectivity index (χ2v) is 6.14. The lowest BCUT2D eigenvalue weighted by Gasteiger charge is -2.07. The normalized spacial score (nSPS) is 11.0. The Balaban J connectivity index is 2.14. The Morgan fingerprint density at radius 2 is 1.92 bits per heavy atom. The van der Waals surface area contributed by atoms with Crippen LogP contribution in [0.15, 0.2) is 52.9 Å². The van der Waals surface area contributed by atoms with E-state index >= 15 is 0 Å². The number of carbonyl (C=O) groups excluding carboxylic acids is 1. The molecule has 0 atom stereocenters. The van der Waals surface area contributed by atoms with Crippen LogP contribution in [0.2, 0.25) is 0 Å². The molecule has 0 saturated carbocycles. The van der Waals surface area contributed by atoms with E-state index in [1.807, 2.05) is 42.5 Å². The van der Waals surface area contributed by atoms with Gasteiger partial charge in [-0.25, -0.2) is 0 Å². The molecule has 0 saturated heterocycles. The zero-order valence-corrected chi connectivity index (χ0v) is 14.1. The fourth-order valence-electron chi connectivity index (χ4n) is 2.63. The summed E-state index contributed by atoms with van der Waals surface area (Å²) in [5.74, 6) is 1.21. The molecule has 1 N–H and O–H groups in total. The molecule has 0 spiro atoms. The Morgan fingerprint density at radius 3 is 2.58 bits per heavy atom. The lowest BCUT2D eigenvalue weighted by Crippen LogP contribution is -2.27. The fourth-order valence-corrected chi connectivity index (χ4v) is 2.63. The molecule has 0 aliphatic heterocycles. The van der Waals surface area contributed by atoms with E-state index in [2.05, 4.69) is 19.2 Å². The van der Waals surface area contributed by atoms with Gasteiger partial charge in [-0.05, 0) is 23.6 Å². The second kappa shape index (κ2) is 6.79. The summed E-state index contributed by atoms with van der Waals surface area (Å²) in [7, 11) is 1.61. The van der Waals surface area contributed by atoms with Gasteiger partial charge in [-0.15, -0.1) is 0 Å². The molecule has 0 aliphatic rings. The molecule has 3 rings (SSSR count). The zero-order chi connectivity index (χ0) is 17.1. The van der Waals surface area contributed by atoms with Crippen molar-refractivity contribution >= 4 is 16.9 Å². The van der Waals surface area contributed by atoms with Gasteiger partial charge < -0.3 is 14.5 Å². The van der Waals surface area contributed by atoms with Crippen molar-refractivity contribution in [1.29, 1.82) is 0 Å². The molecule has 24 heavy (non-hydrogen) atoms. The number of rotatable bonds is 5. The number of fused-ring (bicyclic) bond motifs is 1. The lowest BCUT2D eigenvalue weighted by molar-refractivity contribution is 0.0924. The number of benzene rings is 2. The smallest absolute Gasteiger partial charge is 0.287 e. The Hall–Kier alpha value is -2.75. The number of nitrogens with one attached hydrogen (secondary N) is 1. The van der Waals surface area contributed by atoms with Crippen molar-refractivity contribution in [2.24, 2.45) is 5.92 Å². The topological polar surface area (TPSA) is 51.5 Å². The summed E-state index contributed by atoms with van der Waals surface area (Å²) in [6.07, 6.45) is 0. The maximum absolute atomic E-state index is 12.6. The average molecular weight is 323 g/mol. The first-order valence-corrected chi connectivity index (χ1v) is 8.04. The first-order chi connectivity index (χ1) is 11.6. The summed E-state index contributed by atoms with van der Waals surface area (Å²) < 4.78 is 11.2. The fraction of sp³-hybridized carbons (Fsp3) is 0.250. The van der Waals surface area contributed by atoms with Gasteiger partial charge in [0, 0.05) is 23.6 Å². The van der Waals surface area contributed by atoms with E-state index in [0.717, 1.165) is 16.5 Å². The average Bonchev–Trinajstić information content (AvgIpc) is 2.98. The highest BCUT2D eigenvalue weighted by molar-refractivity contribution is 6.08. The van der Waals surface area contributed by atoms with Gasteiger partial charge in [-0.2, -0.15) is 0 Å². The summed E-state index contributed by atoms with van der Waals surface area (Å²) in [6.45, 7) is 4.72. The van der Waals surface area contributed by atoms with Crippen molar-refractivity contribution < 1.29 is 13.9 Å². The molecule has 0 aliphatic carbocycles. The third-order valence-corrected chi connectivity index (χ3v) is 3.84. The molecular formula is C20H21NO3. The number of methoxy groups -OCH3 is 1.